The normalized spacial score (nSPS) is 11.1. The maximum atomic E-state index is 13.0. The number of aryl methyl sites for hydroxylation is 1. The highest BCUT2D eigenvalue weighted by Crippen LogP contribution is 2.20. The van der Waals surface area contributed by atoms with Crippen molar-refractivity contribution in [2.24, 2.45) is 5.92 Å². The molecule has 1 amide bonds. The van der Waals surface area contributed by atoms with Crippen LogP contribution in [0.4, 0.5) is 5.69 Å². The van der Waals surface area contributed by atoms with Gasteiger partial charge in [-0.1, -0.05) is 44.2 Å². The molecule has 0 saturated heterocycles. The number of hydrogen-bond donors (Lipinski definition) is 1. The minimum Gasteiger partial charge on any atom is -0.320 e. The molecule has 0 spiro atoms. The zero-order valence-corrected chi connectivity index (χ0v) is 15.5. The van der Waals surface area contributed by atoms with Gasteiger partial charge in [0, 0.05) is 17.6 Å². The predicted octanol–water partition coefficient (Wildman–Crippen LogP) is 3.92. The molecule has 134 valence electrons. The number of fused-ring (bicyclic) bond motifs is 1. The van der Waals surface area contributed by atoms with Gasteiger partial charge in [0.15, 0.2) is 5.69 Å². The van der Waals surface area contributed by atoms with E-state index in [1.807, 2.05) is 52.0 Å². The number of hydrogen-bond acceptors (Lipinski definition) is 3. The van der Waals surface area contributed by atoms with E-state index in [1.165, 1.54) is 4.68 Å². The standard InChI is InChI=1S/C21H23N3O2/c1-13(2)12-24-21(26)17-10-6-5-9-16(17)19(23-24)20(25)22-18-11-7-8-14(3)15(18)4/h5-11,13H,12H2,1-4H3,(H,22,25). The average Bonchev–Trinajstić information content (AvgIpc) is 2.61. The van der Waals surface area contributed by atoms with Crippen LogP contribution in [-0.4, -0.2) is 15.7 Å². The number of carbonyl (C=O) groups excluding carboxylic acids is 1. The van der Waals surface area contributed by atoms with Gasteiger partial charge < -0.3 is 5.32 Å². The average molecular weight is 349 g/mol. The molecule has 1 N–H and O–H groups in total. The quantitative estimate of drug-likeness (QED) is 0.776. The predicted molar refractivity (Wildman–Crippen MR) is 105 cm³/mol. The molecule has 0 aliphatic carbocycles. The van der Waals surface area contributed by atoms with Crippen molar-refractivity contribution in [2.75, 3.05) is 5.32 Å². The van der Waals surface area contributed by atoms with Crippen molar-refractivity contribution in [3.8, 4) is 0 Å². The summed E-state index contributed by atoms with van der Waals surface area (Å²) in [7, 11) is 0. The van der Waals surface area contributed by atoms with Crippen LogP contribution in [0.5, 0.6) is 0 Å². The van der Waals surface area contributed by atoms with Gasteiger partial charge in [0.25, 0.3) is 11.5 Å². The molecule has 3 rings (SSSR count). The van der Waals surface area contributed by atoms with Crippen molar-refractivity contribution in [2.45, 2.75) is 34.2 Å². The number of nitrogens with zero attached hydrogens (tertiary/aromatic N) is 2. The molecule has 2 aromatic carbocycles. The second kappa shape index (κ2) is 7.12. The third kappa shape index (κ3) is 3.38. The van der Waals surface area contributed by atoms with E-state index in [-0.39, 0.29) is 23.1 Å². The summed E-state index contributed by atoms with van der Waals surface area (Å²) in [5.74, 6) is -0.0660. The van der Waals surface area contributed by atoms with E-state index < -0.39 is 0 Å². The number of carbonyl (C=O) groups is 1. The summed E-state index contributed by atoms with van der Waals surface area (Å²) in [4.78, 5) is 25.6. The van der Waals surface area contributed by atoms with Crippen LogP contribution < -0.4 is 10.9 Å². The molecular weight excluding hydrogens is 326 g/mol. The first-order valence-electron chi connectivity index (χ1n) is 8.76. The second-order valence-electron chi connectivity index (χ2n) is 6.98. The molecule has 0 radical (unpaired) electrons. The highest BCUT2D eigenvalue weighted by molar-refractivity contribution is 6.11. The van der Waals surface area contributed by atoms with Crippen LogP contribution >= 0.6 is 0 Å². The highest BCUT2D eigenvalue weighted by atomic mass is 16.2. The Morgan fingerprint density at radius 1 is 1.08 bits per heavy atom. The van der Waals surface area contributed by atoms with Crippen LogP contribution in [0.1, 0.15) is 35.5 Å². The van der Waals surface area contributed by atoms with E-state index in [4.69, 9.17) is 0 Å². The molecule has 1 aromatic heterocycles. The lowest BCUT2D eigenvalue weighted by molar-refractivity contribution is 0.102. The van der Waals surface area contributed by atoms with E-state index in [1.54, 1.807) is 18.2 Å². The first-order chi connectivity index (χ1) is 12.4. The molecule has 5 nitrogen and oxygen atoms in total. The molecule has 0 fully saturated rings. The molecule has 0 aliphatic heterocycles. The maximum absolute atomic E-state index is 13.0. The van der Waals surface area contributed by atoms with Gasteiger partial charge in [0.05, 0.1) is 5.39 Å². The fourth-order valence-corrected chi connectivity index (χ4v) is 2.94. The van der Waals surface area contributed by atoms with Gasteiger partial charge in [0.1, 0.15) is 0 Å². The fourth-order valence-electron chi connectivity index (χ4n) is 2.94. The summed E-state index contributed by atoms with van der Waals surface area (Å²) in [6.07, 6.45) is 0. The van der Waals surface area contributed by atoms with E-state index in [0.717, 1.165) is 16.8 Å². The molecular formula is C21H23N3O2. The molecule has 26 heavy (non-hydrogen) atoms. The highest BCUT2D eigenvalue weighted by Gasteiger charge is 2.18. The van der Waals surface area contributed by atoms with Crippen LogP contribution in [0.2, 0.25) is 0 Å². The van der Waals surface area contributed by atoms with E-state index >= 15 is 0 Å². The van der Waals surface area contributed by atoms with Gasteiger partial charge in [-0.3, -0.25) is 9.59 Å². The monoisotopic (exact) mass is 349 g/mol. The number of aromatic nitrogens is 2. The molecule has 0 bridgehead atoms. The number of anilines is 1. The van der Waals surface area contributed by atoms with Gasteiger partial charge >= 0.3 is 0 Å². The first-order valence-corrected chi connectivity index (χ1v) is 8.76. The van der Waals surface area contributed by atoms with Crippen LogP contribution in [0.15, 0.2) is 47.3 Å². The molecule has 3 aromatic rings. The lowest BCUT2D eigenvalue weighted by atomic mass is 10.1. The maximum Gasteiger partial charge on any atom is 0.276 e. The first kappa shape index (κ1) is 17.9. The summed E-state index contributed by atoms with van der Waals surface area (Å²) in [5, 5.41) is 8.40. The fraction of sp³-hybridized carbons (Fsp3) is 0.286. The Labute approximate surface area is 152 Å². The van der Waals surface area contributed by atoms with Crippen molar-refractivity contribution in [3.05, 3.63) is 69.6 Å². The SMILES string of the molecule is Cc1cccc(NC(=O)c2nn(CC(C)C)c(=O)c3ccccc23)c1C. The number of amides is 1. The van der Waals surface area contributed by atoms with Crippen LogP contribution in [0.3, 0.4) is 0 Å². The lowest BCUT2D eigenvalue weighted by Crippen LogP contribution is -2.29. The number of nitrogens with one attached hydrogen (secondary N) is 1. The van der Waals surface area contributed by atoms with Crippen molar-refractivity contribution >= 4 is 22.4 Å². The van der Waals surface area contributed by atoms with Crippen molar-refractivity contribution in [1.82, 2.24) is 9.78 Å². The van der Waals surface area contributed by atoms with E-state index in [9.17, 15) is 9.59 Å². The summed E-state index contributed by atoms with van der Waals surface area (Å²) in [5.41, 5.74) is 2.97. The Balaban J connectivity index is 2.11. The molecule has 0 unspecified atom stereocenters. The summed E-state index contributed by atoms with van der Waals surface area (Å²) in [6.45, 7) is 8.46. The van der Waals surface area contributed by atoms with Crippen molar-refractivity contribution in [3.63, 3.8) is 0 Å². The number of benzene rings is 2. The van der Waals surface area contributed by atoms with E-state index in [0.29, 0.717) is 17.3 Å². The van der Waals surface area contributed by atoms with Crippen molar-refractivity contribution < 1.29 is 4.79 Å². The second-order valence-corrected chi connectivity index (χ2v) is 6.98. The molecule has 0 atom stereocenters. The van der Waals surface area contributed by atoms with Crippen LogP contribution in [0.25, 0.3) is 10.8 Å². The minimum absolute atomic E-state index is 0.169. The molecule has 0 aliphatic rings. The third-order valence-electron chi connectivity index (χ3n) is 4.47. The Morgan fingerprint density at radius 2 is 1.77 bits per heavy atom. The topological polar surface area (TPSA) is 64.0 Å². The van der Waals surface area contributed by atoms with Crippen molar-refractivity contribution in [1.29, 1.82) is 0 Å². The van der Waals surface area contributed by atoms with Gasteiger partial charge in [-0.15, -0.1) is 0 Å². The van der Waals surface area contributed by atoms with Gasteiger partial charge in [-0.2, -0.15) is 5.10 Å². The Hall–Kier alpha value is -2.95. The molecule has 0 saturated carbocycles. The molecule has 5 heteroatoms. The van der Waals surface area contributed by atoms with Gasteiger partial charge in [-0.05, 0) is 43.0 Å². The Kier molecular flexibility index (Phi) is 4.89. The Bertz CT molecular complexity index is 1040. The summed E-state index contributed by atoms with van der Waals surface area (Å²) >= 11 is 0. The van der Waals surface area contributed by atoms with Gasteiger partial charge in [0.2, 0.25) is 0 Å². The largest absolute Gasteiger partial charge is 0.320 e. The smallest absolute Gasteiger partial charge is 0.276 e. The lowest BCUT2D eigenvalue weighted by Gasteiger charge is -2.14. The van der Waals surface area contributed by atoms with Crippen LogP contribution in [0, 0.1) is 19.8 Å². The summed E-state index contributed by atoms with van der Waals surface area (Å²) < 4.78 is 1.39. The van der Waals surface area contributed by atoms with E-state index in [2.05, 4.69) is 10.4 Å². The van der Waals surface area contributed by atoms with Crippen LogP contribution in [-0.2, 0) is 6.54 Å². The summed E-state index contributed by atoms with van der Waals surface area (Å²) in [6, 6.07) is 12.9. The minimum atomic E-state index is -0.313. The van der Waals surface area contributed by atoms with Gasteiger partial charge in [-0.25, -0.2) is 4.68 Å². The Morgan fingerprint density at radius 3 is 2.46 bits per heavy atom. The third-order valence-corrected chi connectivity index (χ3v) is 4.47. The number of rotatable bonds is 4. The molecule has 1 heterocycles. The zero-order chi connectivity index (χ0) is 18.8. The zero-order valence-electron chi connectivity index (χ0n) is 15.5.